The first-order valence-corrected chi connectivity index (χ1v) is 3.29. The molecule has 0 saturated carbocycles. The predicted molar refractivity (Wildman–Crippen MR) is 39.8 cm³/mol. The minimum atomic E-state index is -0.473. The van der Waals surface area contributed by atoms with Gasteiger partial charge in [0.05, 0.1) is 6.20 Å². The van der Waals surface area contributed by atoms with Gasteiger partial charge in [-0.1, -0.05) is 5.10 Å². The van der Waals surface area contributed by atoms with Crippen LogP contribution in [0.5, 0.6) is 0 Å². The molecule has 2 aromatic heterocycles. The molecule has 12 heavy (non-hydrogen) atoms. The second kappa shape index (κ2) is 2.57. The molecule has 0 fully saturated rings. The van der Waals surface area contributed by atoms with Crippen LogP contribution in [0.4, 0.5) is 0 Å². The number of hydrogen-bond donors (Lipinski definition) is 1. The first-order valence-electron chi connectivity index (χ1n) is 3.29. The second-order valence-electron chi connectivity index (χ2n) is 2.13. The average Bonchev–Trinajstić information content (AvgIpc) is 2.54. The van der Waals surface area contributed by atoms with E-state index in [2.05, 4.69) is 20.4 Å². The summed E-state index contributed by atoms with van der Waals surface area (Å²) in [6.07, 6.45) is 3.21. The number of aromatic nitrogens is 5. The van der Waals surface area contributed by atoms with Gasteiger partial charge >= 0.3 is 5.69 Å². The lowest BCUT2D eigenvalue weighted by atomic mass is 10.4. The van der Waals surface area contributed by atoms with E-state index < -0.39 is 5.69 Å². The van der Waals surface area contributed by atoms with Crippen LogP contribution in [0.2, 0.25) is 0 Å². The van der Waals surface area contributed by atoms with Crippen molar-refractivity contribution in [2.75, 3.05) is 0 Å². The van der Waals surface area contributed by atoms with E-state index >= 15 is 0 Å². The van der Waals surface area contributed by atoms with Crippen molar-refractivity contribution in [1.82, 2.24) is 25.2 Å². The Kier molecular flexibility index (Phi) is 1.44. The summed E-state index contributed by atoms with van der Waals surface area (Å²) in [5.41, 5.74) is 0.200. The minimum Gasteiger partial charge on any atom is -0.262 e. The van der Waals surface area contributed by atoms with Gasteiger partial charge in [-0.25, -0.2) is 9.89 Å². The van der Waals surface area contributed by atoms with Crippen LogP contribution in [0.15, 0.2) is 29.3 Å². The summed E-state index contributed by atoms with van der Waals surface area (Å²) in [5.74, 6) is 0. The van der Waals surface area contributed by atoms with E-state index in [-0.39, 0.29) is 0 Å². The van der Waals surface area contributed by atoms with Crippen molar-refractivity contribution in [2.45, 2.75) is 0 Å². The normalized spacial score (nSPS) is 10.0. The van der Waals surface area contributed by atoms with Crippen LogP contribution in [0.3, 0.4) is 0 Å². The monoisotopic (exact) mass is 163 g/mol. The highest BCUT2D eigenvalue weighted by Crippen LogP contribution is 1.96. The number of rotatable bonds is 1. The van der Waals surface area contributed by atoms with E-state index in [1.165, 1.54) is 4.80 Å². The zero-order chi connectivity index (χ0) is 8.39. The molecule has 0 unspecified atom stereocenters. The molecule has 0 saturated heterocycles. The van der Waals surface area contributed by atoms with Crippen LogP contribution in [-0.4, -0.2) is 25.2 Å². The van der Waals surface area contributed by atoms with Crippen molar-refractivity contribution < 1.29 is 0 Å². The first-order chi connectivity index (χ1) is 5.86. The lowest BCUT2D eigenvalue weighted by Crippen LogP contribution is -2.05. The van der Waals surface area contributed by atoms with Gasteiger partial charge in [-0.15, -0.1) is 4.80 Å². The van der Waals surface area contributed by atoms with Gasteiger partial charge in [0.2, 0.25) is 0 Å². The summed E-state index contributed by atoms with van der Waals surface area (Å²) in [6.45, 7) is 0. The Morgan fingerprint density at radius 3 is 3.00 bits per heavy atom. The Morgan fingerprint density at radius 1 is 1.50 bits per heavy atom. The van der Waals surface area contributed by atoms with Gasteiger partial charge in [0.1, 0.15) is 5.69 Å². The maximum Gasteiger partial charge on any atom is 0.381 e. The van der Waals surface area contributed by atoms with E-state index in [4.69, 9.17) is 0 Å². The predicted octanol–water partition coefficient (Wildman–Crippen LogP) is -0.649. The minimum absolute atomic E-state index is 0.473. The lowest BCUT2D eigenvalue weighted by Gasteiger charge is -1.94. The summed E-state index contributed by atoms with van der Waals surface area (Å²) in [4.78, 5) is 15.7. The summed E-state index contributed by atoms with van der Waals surface area (Å²) in [5, 5.41) is 9.20. The Morgan fingerprint density at radius 2 is 2.42 bits per heavy atom. The summed E-state index contributed by atoms with van der Waals surface area (Å²) < 4.78 is 0. The summed E-state index contributed by atoms with van der Waals surface area (Å²) in [6, 6.07) is 3.51. The molecule has 0 radical (unpaired) electrons. The van der Waals surface area contributed by atoms with Crippen molar-refractivity contribution in [2.24, 2.45) is 0 Å². The van der Waals surface area contributed by atoms with E-state index in [1.807, 2.05) is 0 Å². The van der Waals surface area contributed by atoms with Crippen LogP contribution in [0, 0.1) is 0 Å². The van der Waals surface area contributed by atoms with E-state index in [0.29, 0.717) is 5.69 Å². The number of pyridine rings is 1. The first kappa shape index (κ1) is 6.71. The maximum atomic E-state index is 10.6. The summed E-state index contributed by atoms with van der Waals surface area (Å²) >= 11 is 0. The van der Waals surface area contributed by atoms with Crippen LogP contribution in [0.1, 0.15) is 0 Å². The third-order valence-corrected chi connectivity index (χ3v) is 1.32. The van der Waals surface area contributed by atoms with Crippen LogP contribution < -0.4 is 5.69 Å². The SMILES string of the molecule is O=c1nnn(-c2cccnc2)[nH]1. The molecule has 0 atom stereocenters. The molecule has 6 nitrogen and oxygen atoms in total. The number of H-pyrrole nitrogens is 1. The van der Waals surface area contributed by atoms with Gasteiger partial charge in [0, 0.05) is 6.20 Å². The molecule has 0 spiro atoms. The van der Waals surface area contributed by atoms with Crippen molar-refractivity contribution in [3.63, 3.8) is 0 Å². The lowest BCUT2D eigenvalue weighted by molar-refractivity contribution is 0.716. The fraction of sp³-hybridized carbons (Fsp3) is 0. The standard InChI is InChI=1S/C6H5N5O/c12-6-8-10-11(9-6)5-2-1-3-7-4-5/h1-4H,(H,9,12). The molecule has 2 aromatic rings. The van der Waals surface area contributed by atoms with Crippen LogP contribution >= 0.6 is 0 Å². The summed E-state index contributed by atoms with van der Waals surface area (Å²) in [7, 11) is 0. The molecule has 0 aliphatic carbocycles. The Hall–Kier alpha value is -1.98. The maximum absolute atomic E-state index is 10.6. The molecular weight excluding hydrogens is 158 g/mol. The molecule has 0 aliphatic rings. The third-order valence-electron chi connectivity index (χ3n) is 1.32. The molecule has 1 N–H and O–H groups in total. The molecule has 0 bridgehead atoms. The number of nitrogens with one attached hydrogen (secondary N) is 1. The quantitative estimate of drug-likeness (QED) is 0.606. The Balaban J connectivity index is 2.51. The van der Waals surface area contributed by atoms with E-state index in [9.17, 15) is 4.79 Å². The van der Waals surface area contributed by atoms with Crippen molar-refractivity contribution in [3.05, 3.63) is 35.0 Å². The van der Waals surface area contributed by atoms with Crippen molar-refractivity contribution >= 4 is 0 Å². The Labute approximate surface area is 66.9 Å². The number of hydrogen-bond acceptors (Lipinski definition) is 4. The van der Waals surface area contributed by atoms with Gasteiger partial charge < -0.3 is 0 Å². The van der Waals surface area contributed by atoms with Crippen molar-refractivity contribution in [1.29, 1.82) is 0 Å². The average molecular weight is 163 g/mol. The largest absolute Gasteiger partial charge is 0.381 e. The molecule has 6 heteroatoms. The van der Waals surface area contributed by atoms with Crippen LogP contribution in [-0.2, 0) is 0 Å². The molecule has 0 amide bonds. The topological polar surface area (TPSA) is 76.5 Å². The van der Waals surface area contributed by atoms with Gasteiger partial charge in [-0.05, 0) is 17.3 Å². The second-order valence-corrected chi connectivity index (χ2v) is 2.13. The van der Waals surface area contributed by atoms with Gasteiger partial charge in [-0.3, -0.25) is 4.98 Å². The third kappa shape index (κ3) is 1.09. The zero-order valence-corrected chi connectivity index (χ0v) is 6.01. The van der Waals surface area contributed by atoms with Crippen LogP contribution in [0.25, 0.3) is 5.69 Å². The molecule has 60 valence electrons. The fourth-order valence-corrected chi connectivity index (χ4v) is 0.816. The molecule has 2 heterocycles. The zero-order valence-electron chi connectivity index (χ0n) is 6.01. The van der Waals surface area contributed by atoms with E-state index in [1.54, 1.807) is 24.5 Å². The highest BCUT2D eigenvalue weighted by molar-refractivity contribution is 5.23. The number of aromatic amines is 1. The molecule has 0 aliphatic heterocycles. The molecular formula is C6H5N5O. The highest BCUT2D eigenvalue weighted by atomic mass is 16.2. The smallest absolute Gasteiger partial charge is 0.262 e. The number of tetrazole rings is 1. The van der Waals surface area contributed by atoms with E-state index in [0.717, 1.165) is 0 Å². The highest BCUT2D eigenvalue weighted by Gasteiger charge is 1.96. The Bertz CT molecular complexity index is 417. The fourth-order valence-electron chi connectivity index (χ4n) is 0.816. The van der Waals surface area contributed by atoms with Gasteiger partial charge in [-0.2, -0.15) is 0 Å². The van der Waals surface area contributed by atoms with Crippen molar-refractivity contribution in [3.8, 4) is 5.69 Å². The number of nitrogens with zero attached hydrogens (tertiary/aromatic N) is 4. The molecule has 2 rings (SSSR count). The van der Waals surface area contributed by atoms with Gasteiger partial charge in [0.25, 0.3) is 0 Å². The molecule has 0 aromatic carbocycles. The van der Waals surface area contributed by atoms with Gasteiger partial charge in [0.15, 0.2) is 0 Å².